The molecule has 0 aromatic heterocycles. The first-order valence-corrected chi connectivity index (χ1v) is 6.81. The maximum Gasteiger partial charge on any atom is 0.320 e. The zero-order chi connectivity index (χ0) is 13.8. The molecule has 104 valence electrons. The molecule has 1 N–H and O–H groups in total. The summed E-state index contributed by atoms with van der Waals surface area (Å²) in [6.07, 6.45) is 2.88. The Balaban J connectivity index is 2.10. The van der Waals surface area contributed by atoms with E-state index < -0.39 is 5.97 Å². The number of nitrogens with zero attached hydrogens (tertiary/aromatic N) is 2. The second kappa shape index (κ2) is 6.06. The zero-order valence-corrected chi connectivity index (χ0v) is 11.7. The van der Waals surface area contributed by atoms with E-state index in [1.54, 1.807) is 0 Å². The van der Waals surface area contributed by atoms with Crippen LogP contribution in [0.1, 0.15) is 24.8 Å². The number of likely N-dealkylation sites (tertiary alicyclic amines) is 1. The van der Waals surface area contributed by atoms with Gasteiger partial charge in [0.1, 0.15) is 6.04 Å². The third-order valence-electron chi connectivity index (χ3n) is 3.71. The third-order valence-corrected chi connectivity index (χ3v) is 3.71. The molecule has 1 unspecified atom stereocenters. The summed E-state index contributed by atoms with van der Waals surface area (Å²) in [5, 5.41) is 9.28. The Hall–Kier alpha value is -1.55. The van der Waals surface area contributed by atoms with Crippen molar-refractivity contribution in [2.75, 3.05) is 25.5 Å². The van der Waals surface area contributed by atoms with Crippen LogP contribution in [0.4, 0.5) is 5.69 Å². The molecule has 0 bridgehead atoms. The highest BCUT2D eigenvalue weighted by molar-refractivity contribution is 5.73. The Bertz CT molecular complexity index is 446. The normalized spacial score (nSPS) is 20.2. The fraction of sp³-hybridized carbons (Fsp3) is 0.533. The number of carboxylic acid groups (broad SMARTS) is 1. The summed E-state index contributed by atoms with van der Waals surface area (Å²) in [7, 11) is 4.03. The molecule has 0 aliphatic carbocycles. The van der Waals surface area contributed by atoms with Gasteiger partial charge in [0.15, 0.2) is 0 Å². The molecule has 1 fully saturated rings. The number of carbonyl (C=O) groups is 1. The van der Waals surface area contributed by atoms with Gasteiger partial charge in [0.05, 0.1) is 0 Å². The number of rotatable bonds is 4. The van der Waals surface area contributed by atoms with Gasteiger partial charge in [0, 0.05) is 26.3 Å². The van der Waals surface area contributed by atoms with Crippen LogP contribution in [0.5, 0.6) is 0 Å². The van der Waals surface area contributed by atoms with Crippen molar-refractivity contribution in [2.24, 2.45) is 0 Å². The van der Waals surface area contributed by atoms with Crippen LogP contribution in [0, 0.1) is 0 Å². The molecular formula is C15H22N2O2. The van der Waals surface area contributed by atoms with Crippen LogP contribution in [0.25, 0.3) is 0 Å². The molecule has 1 saturated heterocycles. The van der Waals surface area contributed by atoms with Crippen LogP contribution in [0.15, 0.2) is 24.3 Å². The molecule has 4 heteroatoms. The van der Waals surface area contributed by atoms with Crippen molar-refractivity contribution in [3.05, 3.63) is 29.8 Å². The van der Waals surface area contributed by atoms with Gasteiger partial charge in [0.25, 0.3) is 0 Å². The fourth-order valence-corrected chi connectivity index (χ4v) is 2.63. The maximum absolute atomic E-state index is 11.3. The Labute approximate surface area is 114 Å². The number of piperidine rings is 1. The van der Waals surface area contributed by atoms with Gasteiger partial charge >= 0.3 is 5.97 Å². The van der Waals surface area contributed by atoms with Crippen molar-refractivity contribution in [1.82, 2.24) is 4.90 Å². The van der Waals surface area contributed by atoms with Gasteiger partial charge in [-0.05, 0) is 37.1 Å². The van der Waals surface area contributed by atoms with E-state index in [1.807, 2.05) is 20.2 Å². The smallest absolute Gasteiger partial charge is 0.320 e. The number of aliphatic carboxylic acids is 1. The van der Waals surface area contributed by atoms with E-state index in [0.29, 0.717) is 0 Å². The molecule has 0 spiro atoms. The summed E-state index contributed by atoms with van der Waals surface area (Å²) >= 11 is 0. The molecule has 0 saturated carbocycles. The molecule has 1 aromatic carbocycles. The van der Waals surface area contributed by atoms with Gasteiger partial charge in [-0.2, -0.15) is 0 Å². The second-order valence-electron chi connectivity index (χ2n) is 5.38. The monoisotopic (exact) mass is 262 g/mol. The Morgan fingerprint density at radius 2 is 2.21 bits per heavy atom. The Kier molecular flexibility index (Phi) is 4.43. The van der Waals surface area contributed by atoms with Crippen molar-refractivity contribution in [3.8, 4) is 0 Å². The summed E-state index contributed by atoms with van der Waals surface area (Å²) < 4.78 is 0. The van der Waals surface area contributed by atoms with Gasteiger partial charge in [-0.25, -0.2) is 0 Å². The third kappa shape index (κ3) is 3.47. The number of hydrogen-bond donors (Lipinski definition) is 1. The van der Waals surface area contributed by atoms with Crippen molar-refractivity contribution >= 4 is 11.7 Å². The van der Waals surface area contributed by atoms with Gasteiger partial charge in [-0.3, -0.25) is 9.69 Å². The number of carboxylic acids is 1. The van der Waals surface area contributed by atoms with Crippen LogP contribution in [0.3, 0.4) is 0 Å². The lowest BCUT2D eigenvalue weighted by atomic mass is 10.0. The van der Waals surface area contributed by atoms with Crippen LogP contribution in [0.2, 0.25) is 0 Å². The topological polar surface area (TPSA) is 43.8 Å². The highest BCUT2D eigenvalue weighted by Gasteiger charge is 2.28. The van der Waals surface area contributed by atoms with Gasteiger partial charge in [-0.1, -0.05) is 18.6 Å². The van der Waals surface area contributed by atoms with Crippen LogP contribution in [-0.2, 0) is 11.3 Å². The lowest BCUT2D eigenvalue weighted by Crippen LogP contribution is -2.44. The summed E-state index contributed by atoms with van der Waals surface area (Å²) in [5.41, 5.74) is 2.33. The summed E-state index contributed by atoms with van der Waals surface area (Å²) in [6.45, 7) is 1.60. The van der Waals surface area contributed by atoms with Crippen LogP contribution < -0.4 is 4.90 Å². The molecule has 1 heterocycles. The lowest BCUT2D eigenvalue weighted by Gasteiger charge is -2.33. The number of hydrogen-bond acceptors (Lipinski definition) is 3. The van der Waals surface area contributed by atoms with Crippen molar-refractivity contribution in [2.45, 2.75) is 31.8 Å². The molecule has 2 rings (SSSR count). The number of benzene rings is 1. The summed E-state index contributed by atoms with van der Waals surface area (Å²) in [5.74, 6) is -0.691. The molecule has 1 aliphatic rings. The van der Waals surface area contributed by atoms with Crippen LogP contribution in [-0.4, -0.2) is 42.7 Å². The highest BCUT2D eigenvalue weighted by Crippen LogP contribution is 2.21. The minimum atomic E-state index is -0.691. The molecule has 1 aromatic rings. The van der Waals surface area contributed by atoms with Gasteiger partial charge in [0.2, 0.25) is 0 Å². The Morgan fingerprint density at radius 3 is 2.89 bits per heavy atom. The minimum Gasteiger partial charge on any atom is -0.480 e. The van der Waals surface area contributed by atoms with E-state index in [9.17, 15) is 9.90 Å². The average Bonchev–Trinajstić information content (AvgIpc) is 2.39. The number of anilines is 1. The average molecular weight is 262 g/mol. The highest BCUT2D eigenvalue weighted by atomic mass is 16.4. The van der Waals surface area contributed by atoms with E-state index in [2.05, 4.69) is 28.0 Å². The first-order chi connectivity index (χ1) is 9.08. The predicted octanol–water partition coefficient (Wildman–Crippen LogP) is 2.19. The molecule has 0 radical (unpaired) electrons. The second-order valence-corrected chi connectivity index (χ2v) is 5.38. The standard InChI is InChI=1S/C15H22N2O2/c1-16(2)13-7-5-6-12(10-13)11-17-9-4-3-8-14(17)15(18)19/h5-7,10,14H,3-4,8-9,11H2,1-2H3,(H,18,19). The molecule has 0 amide bonds. The van der Waals surface area contributed by atoms with E-state index in [0.717, 1.165) is 38.0 Å². The first kappa shape index (κ1) is 13.9. The largest absolute Gasteiger partial charge is 0.480 e. The van der Waals surface area contributed by atoms with E-state index in [4.69, 9.17) is 0 Å². The van der Waals surface area contributed by atoms with Crippen molar-refractivity contribution < 1.29 is 9.90 Å². The molecule has 4 nitrogen and oxygen atoms in total. The van der Waals surface area contributed by atoms with E-state index >= 15 is 0 Å². The van der Waals surface area contributed by atoms with Gasteiger partial charge < -0.3 is 10.0 Å². The molecule has 1 aliphatic heterocycles. The Morgan fingerprint density at radius 1 is 1.42 bits per heavy atom. The summed E-state index contributed by atoms with van der Waals surface area (Å²) in [6, 6.07) is 7.98. The van der Waals surface area contributed by atoms with Crippen LogP contribution >= 0.6 is 0 Å². The van der Waals surface area contributed by atoms with E-state index in [1.165, 1.54) is 5.56 Å². The lowest BCUT2D eigenvalue weighted by molar-refractivity contribution is -0.144. The minimum absolute atomic E-state index is 0.322. The van der Waals surface area contributed by atoms with Gasteiger partial charge in [-0.15, -0.1) is 0 Å². The zero-order valence-electron chi connectivity index (χ0n) is 11.7. The fourth-order valence-electron chi connectivity index (χ4n) is 2.63. The van der Waals surface area contributed by atoms with E-state index in [-0.39, 0.29) is 6.04 Å². The SMILES string of the molecule is CN(C)c1cccc(CN2CCCCC2C(=O)O)c1. The molecule has 19 heavy (non-hydrogen) atoms. The first-order valence-electron chi connectivity index (χ1n) is 6.81. The molecular weight excluding hydrogens is 240 g/mol. The predicted molar refractivity (Wildman–Crippen MR) is 76.5 cm³/mol. The molecule has 1 atom stereocenters. The summed E-state index contributed by atoms with van der Waals surface area (Å²) in [4.78, 5) is 15.4. The quantitative estimate of drug-likeness (QED) is 0.903. The maximum atomic E-state index is 11.3. The van der Waals surface area contributed by atoms with Crippen molar-refractivity contribution in [3.63, 3.8) is 0 Å². The van der Waals surface area contributed by atoms with Crippen molar-refractivity contribution in [1.29, 1.82) is 0 Å².